The normalized spacial score (nSPS) is 12.5. The van der Waals surface area contributed by atoms with Crippen molar-refractivity contribution >= 4 is 5.95 Å². The van der Waals surface area contributed by atoms with Crippen molar-refractivity contribution in [3.05, 3.63) is 12.3 Å². The molecule has 0 saturated heterocycles. The van der Waals surface area contributed by atoms with Gasteiger partial charge in [0.25, 0.3) is 0 Å². The fourth-order valence-electron chi connectivity index (χ4n) is 1.65. The summed E-state index contributed by atoms with van der Waals surface area (Å²) in [7, 11) is 1.61. The first-order valence-corrected chi connectivity index (χ1v) is 6.25. The molecular weight excluding hydrogens is 214 g/mol. The molecule has 0 amide bonds. The summed E-state index contributed by atoms with van der Waals surface area (Å²) in [5.41, 5.74) is 0. The van der Waals surface area contributed by atoms with Crippen LogP contribution >= 0.6 is 0 Å². The van der Waals surface area contributed by atoms with Crippen molar-refractivity contribution in [1.29, 1.82) is 0 Å². The van der Waals surface area contributed by atoms with Gasteiger partial charge in [-0.3, -0.25) is 0 Å². The first-order valence-electron chi connectivity index (χ1n) is 6.25. The van der Waals surface area contributed by atoms with E-state index >= 15 is 0 Å². The molecule has 1 unspecified atom stereocenters. The number of nitrogens with zero attached hydrogens (tertiary/aromatic N) is 2. The van der Waals surface area contributed by atoms with E-state index in [2.05, 4.69) is 36.1 Å². The Bertz CT molecular complexity index is 328. The lowest BCUT2D eigenvalue weighted by Gasteiger charge is -2.14. The molecule has 1 aromatic heterocycles. The molecule has 1 aromatic rings. The topological polar surface area (TPSA) is 47.0 Å². The fraction of sp³-hybridized carbons (Fsp3) is 0.692. The smallest absolute Gasteiger partial charge is 0.226 e. The molecule has 0 bridgehead atoms. The van der Waals surface area contributed by atoms with Gasteiger partial charge in [-0.15, -0.1) is 0 Å². The number of rotatable bonds is 7. The average Bonchev–Trinajstić information content (AvgIpc) is 2.28. The Hall–Kier alpha value is -1.32. The van der Waals surface area contributed by atoms with E-state index in [1.165, 1.54) is 12.8 Å². The zero-order valence-corrected chi connectivity index (χ0v) is 11.2. The fourth-order valence-corrected chi connectivity index (χ4v) is 1.65. The second-order valence-corrected chi connectivity index (χ2v) is 4.79. The highest BCUT2D eigenvalue weighted by Gasteiger charge is 2.05. The maximum Gasteiger partial charge on any atom is 0.226 e. The van der Waals surface area contributed by atoms with Crippen LogP contribution in [0, 0.1) is 5.92 Å². The Labute approximate surface area is 104 Å². The second-order valence-electron chi connectivity index (χ2n) is 4.79. The van der Waals surface area contributed by atoms with Crippen molar-refractivity contribution in [2.75, 3.05) is 12.4 Å². The molecule has 4 heteroatoms. The van der Waals surface area contributed by atoms with Gasteiger partial charge >= 0.3 is 0 Å². The number of hydrogen-bond acceptors (Lipinski definition) is 4. The summed E-state index contributed by atoms with van der Waals surface area (Å²) in [5.74, 6) is 2.01. The summed E-state index contributed by atoms with van der Waals surface area (Å²) in [4.78, 5) is 8.40. The van der Waals surface area contributed by atoms with Gasteiger partial charge in [0.05, 0.1) is 7.11 Å². The third-order valence-corrected chi connectivity index (χ3v) is 2.63. The van der Waals surface area contributed by atoms with E-state index in [0.717, 1.165) is 12.3 Å². The number of ether oxygens (including phenoxy) is 1. The molecule has 0 radical (unpaired) electrons. The molecule has 0 aliphatic carbocycles. The van der Waals surface area contributed by atoms with Crippen LogP contribution in [-0.4, -0.2) is 23.1 Å². The van der Waals surface area contributed by atoms with Gasteiger partial charge in [0, 0.05) is 18.3 Å². The Morgan fingerprint density at radius 1 is 1.29 bits per heavy atom. The van der Waals surface area contributed by atoms with Crippen molar-refractivity contribution in [3.8, 4) is 5.88 Å². The van der Waals surface area contributed by atoms with Gasteiger partial charge in [-0.2, -0.15) is 4.98 Å². The molecule has 1 heterocycles. The molecule has 0 fully saturated rings. The van der Waals surface area contributed by atoms with E-state index in [-0.39, 0.29) is 0 Å². The number of methoxy groups -OCH3 is 1. The Morgan fingerprint density at radius 3 is 2.71 bits per heavy atom. The average molecular weight is 237 g/mol. The van der Waals surface area contributed by atoms with Crippen molar-refractivity contribution < 1.29 is 4.74 Å². The van der Waals surface area contributed by atoms with Crippen LogP contribution in [0.1, 0.15) is 40.0 Å². The Balaban J connectivity index is 2.36. The van der Waals surface area contributed by atoms with E-state index in [4.69, 9.17) is 4.74 Å². The maximum atomic E-state index is 5.06. The molecule has 96 valence electrons. The summed E-state index contributed by atoms with van der Waals surface area (Å²) >= 11 is 0. The minimum atomic E-state index is 0.390. The SMILES string of the molecule is COc1ccnc(NC(C)CCCC(C)C)n1. The van der Waals surface area contributed by atoms with Gasteiger partial charge in [0.1, 0.15) is 0 Å². The summed E-state index contributed by atoms with van der Waals surface area (Å²) in [6.45, 7) is 6.66. The molecule has 1 rings (SSSR count). The van der Waals surface area contributed by atoms with Crippen molar-refractivity contribution in [3.63, 3.8) is 0 Å². The largest absolute Gasteiger partial charge is 0.481 e. The lowest BCUT2D eigenvalue weighted by atomic mass is 10.0. The highest BCUT2D eigenvalue weighted by Crippen LogP contribution is 2.12. The number of hydrogen-bond donors (Lipinski definition) is 1. The monoisotopic (exact) mass is 237 g/mol. The predicted octanol–water partition coefficient (Wildman–Crippen LogP) is 3.11. The zero-order valence-electron chi connectivity index (χ0n) is 11.2. The third-order valence-electron chi connectivity index (χ3n) is 2.63. The molecule has 4 nitrogen and oxygen atoms in total. The molecule has 1 N–H and O–H groups in total. The number of anilines is 1. The summed E-state index contributed by atoms with van der Waals surface area (Å²) < 4.78 is 5.06. The van der Waals surface area contributed by atoms with Crippen LogP contribution in [0.3, 0.4) is 0 Å². The van der Waals surface area contributed by atoms with Crippen LogP contribution in [0.15, 0.2) is 12.3 Å². The standard InChI is InChI=1S/C13H23N3O/c1-10(2)6-5-7-11(3)15-13-14-9-8-12(16-13)17-4/h8-11H,5-7H2,1-4H3,(H,14,15,16). The van der Waals surface area contributed by atoms with Crippen LogP contribution in [0.25, 0.3) is 0 Å². The summed E-state index contributed by atoms with van der Waals surface area (Å²) in [6.07, 6.45) is 5.34. The minimum Gasteiger partial charge on any atom is -0.481 e. The van der Waals surface area contributed by atoms with E-state index in [1.807, 2.05) is 0 Å². The molecule has 0 spiro atoms. The molecule has 0 aliphatic rings. The highest BCUT2D eigenvalue weighted by atomic mass is 16.5. The Kier molecular flexibility index (Phi) is 5.73. The van der Waals surface area contributed by atoms with Gasteiger partial charge in [0.2, 0.25) is 11.8 Å². The van der Waals surface area contributed by atoms with Crippen molar-refractivity contribution in [1.82, 2.24) is 9.97 Å². The van der Waals surface area contributed by atoms with Crippen LogP contribution in [-0.2, 0) is 0 Å². The quantitative estimate of drug-likeness (QED) is 0.791. The Morgan fingerprint density at radius 2 is 2.06 bits per heavy atom. The van der Waals surface area contributed by atoms with Crippen LogP contribution in [0.4, 0.5) is 5.95 Å². The summed E-state index contributed by atoms with van der Waals surface area (Å²) in [6, 6.07) is 2.13. The summed E-state index contributed by atoms with van der Waals surface area (Å²) in [5, 5.41) is 3.29. The van der Waals surface area contributed by atoms with E-state index in [9.17, 15) is 0 Å². The molecule has 0 aliphatic heterocycles. The lowest BCUT2D eigenvalue weighted by molar-refractivity contribution is 0.397. The van der Waals surface area contributed by atoms with Gasteiger partial charge in [0.15, 0.2) is 0 Å². The zero-order chi connectivity index (χ0) is 12.7. The number of aromatic nitrogens is 2. The molecule has 1 atom stereocenters. The van der Waals surface area contributed by atoms with Gasteiger partial charge in [-0.1, -0.05) is 26.7 Å². The van der Waals surface area contributed by atoms with Crippen molar-refractivity contribution in [2.24, 2.45) is 5.92 Å². The third kappa shape index (κ3) is 5.52. The second kappa shape index (κ2) is 7.09. The van der Waals surface area contributed by atoms with E-state index in [0.29, 0.717) is 17.9 Å². The van der Waals surface area contributed by atoms with E-state index < -0.39 is 0 Å². The predicted molar refractivity (Wildman–Crippen MR) is 70.4 cm³/mol. The first kappa shape index (κ1) is 13.7. The van der Waals surface area contributed by atoms with Crippen LogP contribution in [0.5, 0.6) is 5.88 Å². The molecule has 0 saturated carbocycles. The molecule has 17 heavy (non-hydrogen) atoms. The number of nitrogens with one attached hydrogen (secondary N) is 1. The molecule has 0 aromatic carbocycles. The van der Waals surface area contributed by atoms with Gasteiger partial charge in [-0.05, 0) is 19.3 Å². The van der Waals surface area contributed by atoms with Gasteiger partial charge in [-0.25, -0.2) is 4.98 Å². The minimum absolute atomic E-state index is 0.390. The lowest BCUT2D eigenvalue weighted by Crippen LogP contribution is -2.17. The maximum absolute atomic E-state index is 5.06. The molecular formula is C13H23N3O. The van der Waals surface area contributed by atoms with Crippen LogP contribution < -0.4 is 10.1 Å². The highest BCUT2D eigenvalue weighted by molar-refractivity contribution is 5.28. The first-order chi connectivity index (χ1) is 8.11. The van der Waals surface area contributed by atoms with Crippen LogP contribution in [0.2, 0.25) is 0 Å². The van der Waals surface area contributed by atoms with Gasteiger partial charge < -0.3 is 10.1 Å². The van der Waals surface area contributed by atoms with Crippen molar-refractivity contribution in [2.45, 2.75) is 46.1 Å². The van der Waals surface area contributed by atoms with E-state index in [1.54, 1.807) is 19.4 Å².